The molecule has 5 nitrogen and oxygen atoms in total. The third-order valence-corrected chi connectivity index (χ3v) is 12.7. The van der Waals surface area contributed by atoms with Crippen LogP contribution in [0.4, 0.5) is 22.7 Å². The van der Waals surface area contributed by atoms with Crippen molar-refractivity contribution in [3.05, 3.63) is 211 Å². The molecule has 0 spiro atoms. The predicted octanol–water partition coefficient (Wildman–Crippen LogP) is 15.6. The molecule has 0 aliphatic carbocycles. The van der Waals surface area contributed by atoms with E-state index in [1.165, 1.54) is 33.4 Å². The molecule has 0 atom stereocenters. The van der Waals surface area contributed by atoms with Crippen LogP contribution in [-0.2, 0) is 37.3 Å². The Morgan fingerprint density at radius 2 is 1.18 bits per heavy atom. The number of para-hydroxylation sites is 2. The Hall–Kier alpha value is -6.42. The molecule has 0 saturated carbocycles. The molecule has 1 aliphatic rings. The van der Waals surface area contributed by atoms with Crippen molar-refractivity contribution in [3.63, 3.8) is 0 Å². The third kappa shape index (κ3) is 8.28. The predicted molar refractivity (Wildman–Crippen MR) is 266 cm³/mol. The van der Waals surface area contributed by atoms with Gasteiger partial charge in [-0.25, -0.2) is 4.98 Å². The van der Waals surface area contributed by atoms with E-state index in [0.29, 0.717) is 11.5 Å². The zero-order valence-electron chi connectivity index (χ0n) is 38.3. The van der Waals surface area contributed by atoms with Crippen molar-refractivity contribution in [2.45, 2.75) is 71.6 Å². The van der Waals surface area contributed by atoms with Gasteiger partial charge >= 0.3 is 0 Å². The van der Waals surface area contributed by atoms with Crippen molar-refractivity contribution in [2.24, 2.45) is 0 Å². The number of fused-ring (bicyclic) bond motifs is 4. The number of pyridine rings is 1. The number of hydrogen-bond acceptors (Lipinski definition) is 4. The summed E-state index contributed by atoms with van der Waals surface area (Å²) >= 11 is 0. The molecule has 0 saturated heterocycles. The number of ether oxygens (including phenoxy) is 1. The minimum Gasteiger partial charge on any atom is -0.509 e. The van der Waals surface area contributed by atoms with Crippen molar-refractivity contribution < 1.29 is 25.8 Å². The van der Waals surface area contributed by atoms with Crippen molar-refractivity contribution in [1.29, 1.82) is 0 Å². The van der Waals surface area contributed by atoms with Crippen LogP contribution < -0.4 is 14.5 Å². The number of anilines is 4. The van der Waals surface area contributed by atoms with Crippen LogP contribution >= 0.6 is 0 Å². The van der Waals surface area contributed by atoms with Gasteiger partial charge in [-0.1, -0.05) is 152 Å². The summed E-state index contributed by atoms with van der Waals surface area (Å²) in [5.41, 5.74) is 13.2. The van der Waals surface area contributed by atoms with Crippen LogP contribution in [0.2, 0.25) is 0 Å². The van der Waals surface area contributed by atoms with Gasteiger partial charge in [0.05, 0.1) is 0 Å². The Balaban J connectivity index is 0.00000533. The van der Waals surface area contributed by atoms with E-state index in [1.54, 1.807) is 0 Å². The Morgan fingerprint density at radius 3 is 1.91 bits per heavy atom. The first-order valence-electron chi connectivity index (χ1n) is 22.2. The van der Waals surface area contributed by atoms with Crippen LogP contribution in [0, 0.1) is 18.8 Å². The number of benzene rings is 7. The van der Waals surface area contributed by atoms with Gasteiger partial charge in [0, 0.05) is 66.8 Å². The Kier molecular flexibility index (Phi) is 11.4. The van der Waals surface area contributed by atoms with E-state index in [0.717, 1.165) is 50.4 Å². The van der Waals surface area contributed by atoms with Gasteiger partial charge in [-0.3, -0.25) is 0 Å². The normalized spacial score (nSPS) is 13.0. The molecule has 1 aliphatic heterocycles. The third-order valence-electron chi connectivity index (χ3n) is 12.7. The van der Waals surface area contributed by atoms with Crippen LogP contribution in [0.25, 0.3) is 38.8 Å². The molecule has 0 amide bonds. The Labute approximate surface area is 398 Å². The number of hydrogen-bond donors (Lipinski definition) is 0. The van der Waals surface area contributed by atoms with Gasteiger partial charge in [-0.15, -0.1) is 48.1 Å². The average molecular weight is 1030 g/mol. The monoisotopic (exact) mass is 1030 g/mol. The van der Waals surface area contributed by atoms with Crippen molar-refractivity contribution in [2.75, 3.05) is 9.80 Å². The van der Waals surface area contributed by atoms with Gasteiger partial charge in [-0.05, 0) is 92.1 Å². The smallest absolute Gasteiger partial charge is 0.135 e. The van der Waals surface area contributed by atoms with Gasteiger partial charge in [0.1, 0.15) is 5.82 Å². The van der Waals surface area contributed by atoms with Gasteiger partial charge in [-0.2, -0.15) is 12.1 Å². The number of nitrogens with zero attached hydrogens (tertiary/aromatic N) is 4. The van der Waals surface area contributed by atoms with Crippen LogP contribution in [0.1, 0.15) is 77.6 Å². The fraction of sp³-hybridized carbons (Fsp3) is 0.186. The summed E-state index contributed by atoms with van der Waals surface area (Å²) in [5.74, 6) is 2.03. The van der Waals surface area contributed by atoms with Gasteiger partial charge in [0.2, 0.25) is 0 Å². The van der Waals surface area contributed by atoms with Crippen molar-refractivity contribution >= 4 is 44.6 Å². The zero-order chi connectivity index (χ0) is 44.4. The quantitative estimate of drug-likeness (QED) is 0.142. The fourth-order valence-electron chi connectivity index (χ4n) is 8.88. The first kappa shape index (κ1) is 43.8. The molecular weight excluding hydrogens is 976 g/mol. The molecule has 2 aromatic heterocycles. The molecule has 0 fully saturated rings. The molecule has 0 unspecified atom stereocenters. The largest absolute Gasteiger partial charge is 0.509 e. The minimum absolute atomic E-state index is 0. The number of rotatable bonds is 8. The Bertz CT molecular complexity index is 3180. The van der Waals surface area contributed by atoms with E-state index >= 15 is 0 Å². The van der Waals surface area contributed by atoms with Crippen LogP contribution in [0.3, 0.4) is 0 Å². The minimum atomic E-state index is -0.234. The molecule has 0 N–H and O–H groups in total. The molecule has 0 bridgehead atoms. The summed E-state index contributed by atoms with van der Waals surface area (Å²) in [6, 6.07) is 65.5. The average Bonchev–Trinajstić information content (AvgIpc) is 3.85. The summed E-state index contributed by atoms with van der Waals surface area (Å²) in [7, 11) is 0. The van der Waals surface area contributed by atoms with E-state index in [9.17, 15) is 0 Å². The molecule has 7 aromatic carbocycles. The molecule has 328 valence electrons. The standard InChI is InChI=1S/C59H53N4O.Pt/c1-57(2,3)43-26-29-52-51(35-43)50-28-27-49(38-55(50)63(52)56-36-44(30-31-60-56)59(7,8)42-20-13-10-14-21-42)64-48-23-17-22-46(37-48)61-39-62(54-25-16-15-24-53(54)61)47-33-41(40-18-11-9-12-19-40)32-45(34-47)58(4,5)6;/h9-36,39H,1-8H3;/q-3;. The van der Waals surface area contributed by atoms with Crippen molar-refractivity contribution in [3.8, 4) is 28.4 Å². The maximum absolute atomic E-state index is 6.71. The molecule has 65 heavy (non-hydrogen) atoms. The Morgan fingerprint density at radius 1 is 0.508 bits per heavy atom. The zero-order valence-corrected chi connectivity index (χ0v) is 40.5. The van der Waals surface area contributed by atoms with E-state index < -0.39 is 0 Å². The maximum Gasteiger partial charge on any atom is 0.135 e. The van der Waals surface area contributed by atoms with E-state index in [-0.39, 0.29) is 37.3 Å². The van der Waals surface area contributed by atoms with Crippen molar-refractivity contribution in [1.82, 2.24) is 9.55 Å². The van der Waals surface area contributed by atoms with E-state index in [2.05, 4.69) is 234 Å². The topological polar surface area (TPSA) is 33.5 Å². The second kappa shape index (κ2) is 16.9. The number of aromatic nitrogens is 2. The summed E-state index contributed by atoms with van der Waals surface area (Å²) in [6.07, 6.45) is 1.93. The first-order chi connectivity index (χ1) is 30.7. The molecular formula is C59H53N4OPt-3. The molecule has 3 heterocycles. The second-order valence-corrected chi connectivity index (χ2v) is 19.5. The summed E-state index contributed by atoms with van der Waals surface area (Å²) in [5, 5.41) is 2.25. The fourth-order valence-corrected chi connectivity index (χ4v) is 8.88. The molecule has 0 radical (unpaired) electrons. The van der Waals surface area contributed by atoms with Crippen LogP contribution in [-0.4, -0.2) is 9.55 Å². The summed E-state index contributed by atoms with van der Waals surface area (Å²) < 4.78 is 8.94. The molecule has 6 heteroatoms. The van der Waals surface area contributed by atoms with Crippen LogP contribution in [0.5, 0.6) is 11.5 Å². The molecule has 10 rings (SSSR count). The van der Waals surface area contributed by atoms with E-state index in [1.807, 2.05) is 24.4 Å². The van der Waals surface area contributed by atoms with Gasteiger partial charge in [0.25, 0.3) is 0 Å². The first-order valence-corrected chi connectivity index (χ1v) is 22.2. The molecule has 9 aromatic rings. The summed E-state index contributed by atoms with van der Waals surface area (Å²) in [6.45, 7) is 20.3. The van der Waals surface area contributed by atoms with Gasteiger partial charge in [0.15, 0.2) is 0 Å². The van der Waals surface area contributed by atoms with Gasteiger partial charge < -0.3 is 19.1 Å². The second-order valence-electron chi connectivity index (χ2n) is 19.5. The maximum atomic E-state index is 6.71. The SMILES string of the molecule is CC(C)(C)c1cc(-c2ccccc2)cc(N2[CH-]N(c3[c-]c(Oc4[c-]c5c(cc4)c4cc(C(C)(C)C)ccc4n5-c4cc(C(C)(C)c5ccccc5)ccn4)ccc3)c3ccccc32)c1.[Pt]. The summed E-state index contributed by atoms with van der Waals surface area (Å²) in [4.78, 5) is 9.48. The van der Waals surface area contributed by atoms with Crippen LogP contribution in [0.15, 0.2) is 170 Å². The van der Waals surface area contributed by atoms with E-state index in [4.69, 9.17) is 9.72 Å².